The lowest BCUT2D eigenvalue weighted by atomic mass is 10.1. The summed E-state index contributed by atoms with van der Waals surface area (Å²) < 4.78 is 16.3. The van der Waals surface area contributed by atoms with Crippen molar-refractivity contribution in [2.45, 2.75) is 38.3 Å². The van der Waals surface area contributed by atoms with Crippen LogP contribution in [0.3, 0.4) is 0 Å². The van der Waals surface area contributed by atoms with Crippen LogP contribution in [0.1, 0.15) is 26.2 Å². The minimum absolute atomic E-state index is 0.450. The summed E-state index contributed by atoms with van der Waals surface area (Å²) in [5, 5.41) is 3.51. The Labute approximate surface area is 89.1 Å². The topological polar surface area (TPSA) is 38.3 Å². The highest BCUT2D eigenvalue weighted by Crippen LogP contribution is 2.07. The van der Waals surface area contributed by atoms with E-state index in [1.54, 1.807) is 6.26 Å². The molecule has 0 spiro atoms. The molecule has 0 aromatic heterocycles. The van der Waals surface area contributed by atoms with Crippen molar-refractivity contribution in [1.29, 1.82) is 0 Å². The summed E-state index contributed by atoms with van der Waals surface area (Å²) in [7, 11) is -0.664. The van der Waals surface area contributed by atoms with Crippen molar-refractivity contribution < 1.29 is 8.95 Å². The molecule has 1 N–H and O–H groups in total. The molecule has 0 saturated carbocycles. The van der Waals surface area contributed by atoms with E-state index >= 15 is 0 Å². The van der Waals surface area contributed by atoms with Crippen LogP contribution in [0.4, 0.5) is 0 Å². The minimum Gasteiger partial charge on any atom is -0.380 e. The van der Waals surface area contributed by atoms with Crippen LogP contribution in [-0.2, 0) is 15.5 Å². The first-order valence-corrected chi connectivity index (χ1v) is 7.05. The minimum atomic E-state index is -0.664. The lowest BCUT2D eigenvalue weighted by Gasteiger charge is -2.26. The van der Waals surface area contributed by atoms with Gasteiger partial charge in [-0.15, -0.1) is 0 Å². The summed E-state index contributed by atoms with van der Waals surface area (Å²) in [6, 6.07) is 0.953. The summed E-state index contributed by atoms with van der Waals surface area (Å²) in [6.45, 7) is 3.90. The van der Waals surface area contributed by atoms with Crippen LogP contribution in [0.15, 0.2) is 0 Å². The van der Waals surface area contributed by atoms with Gasteiger partial charge in [0, 0.05) is 41.5 Å². The molecule has 1 aliphatic heterocycles. The molecule has 0 aromatic rings. The SMILES string of the molecule is CC(CCS(C)=O)NC1CCCOC1. The van der Waals surface area contributed by atoms with E-state index in [1.807, 2.05) is 0 Å². The molecule has 3 unspecified atom stereocenters. The molecule has 0 bridgehead atoms. The molecule has 1 fully saturated rings. The Hall–Kier alpha value is 0.0700. The molecule has 0 amide bonds. The van der Waals surface area contributed by atoms with Crippen molar-refractivity contribution in [1.82, 2.24) is 5.32 Å². The molecule has 4 heteroatoms. The number of hydrogen-bond donors (Lipinski definition) is 1. The lowest BCUT2D eigenvalue weighted by molar-refractivity contribution is 0.0670. The van der Waals surface area contributed by atoms with E-state index in [2.05, 4.69) is 12.2 Å². The van der Waals surface area contributed by atoms with Gasteiger partial charge in [0.2, 0.25) is 0 Å². The predicted molar refractivity (Wildman–Crippen MR) is 60.0 cm³/mol. The first-order valence-electron chi connectivity index (χ1n) is 5.32. The van der Waals surface area contributed by atoms with E-state index in [4.69, 9.17) is 4.74 Å². The zero-order valence-corrected chi connectivity index (χ0v) is 9.94. The second-order valence-corrected chi connectivity index (χ2v) is 5.60. The second kappa shape index (κ2) is 6.53. The van der Waals surface area contributed by atoms with E-state index in [-0.39, 0.29) is 0 Å². The van der Waals surface area contributed by atoms with E-state index in [0.717, 1.165) is 31.8 Å². The Bertz CT molecular complexity index is 181. The maximum Gasteiger partial charge on any atom is 0.0619 e. The van der Waals surface area contributed by atoms with Gasteiger partial charge in [-0.3, -0.25) is 4.21 Å². The molecule has 14 heavy (non-hydrogen) atoms. The van der Waals surface area contributed by atoms with Gasteiger partial charge in [0.05, 0.1) is 6.61 Å². The van der Waals surface area contributed by atoms with Crippen LogP contribution in [0.25, 0.3) is 0 Å². The Morgan fingerprint density at radius 2 is 2.43 bits per heavy atom. The fourth-order valence-electron chi connectivity index (χ4n) is 1.70. The number of ether oxygens (including phenoxy) is 1. The van der Waals surface area contributed by atoms with E-state index in [1.165, 1.54) is 6.42 Å². The summed E-state index contributed by atoms with van der Waals surface area (Å²) in [5.74, 6) is 0.793. The molecule has 1 aliphatic rings. The number of hydrogen-bond acceptors (Lipinski definition) is 3. The van der Waals surface area contributed by atoms with Crippen molar-refractivity contribution in [2.75, 3.05) is 25.2 Å². The smallest absolute Gasteiger partial charge is 0.0619 e. The molecule has 1 saturated heterocycles. The van der Waals surface area contributed by atoms with Crippen LogP contribution in [-0.4, -0.2) is 41.5 Å². The fraction of sp³-hybridized carbons (Fsp3) is 1.00. The van der Waals surface area contributed by atoms with Crippen LogP contribution in [0, 0.1) is 0 Å². The van der Waals surface area contributed by atoms with Crippen molar-refractivity contribution in [3.63, 3.8) is 0 Å². The molecule has 3 nitrogen and oxygen atoms in total. The third-order valence-corrected chi connectivity index (χ3v) is 3.33. The van der Waals surface area contributed by atoms with Gasteiger partial charge in [0.15, 0.2) is 0 Å². The van der Waals surface area contributed by atoms with Crippen molar-refractivity contribution in [3.8, 4) is 0 Å². The Morgan fingerprint density at radius 3 is 3.00 bits per heavy atom. The van der Waals surface area contributed by atoms with Crippen LogP contribution in [0.2, 0.25) is 0 Å². The molecule has 1 rings (SSSR count). The van der Waals surface area contributed by atoms with E-state index < -0.39 is 10.8 Å². The van der Waals surface area contributed by atoms with Crippen LogP contribution in [0.5, 0.6) is 0 Å². The van der Waals surface area contributed by atoms with Gasteiger partial charge in [-0.25, -0.2) is 0 Å². The second-order valence-electron chi connectivity index (χ2n) is 4.05. The Morgan fingerprint density at radius 1 is 1.64 bits per heavy atom. The average molecular weight is 219 g/mol. The van der Waals surface area contributed by atoms with Crippen LogP contribution >= 0.6 is 0 Å². The first-order chi connectivity index (χ1) is 6.68. The zero-order valence-electron chi connectivity index (χ0n) is 9.12. The van der Waals surface area contributed by atoms with Gasteiger partial charge < -0.3 is 10.1 Å². The highest BCUT2D eigenvalue weighted by atomic mass is 32.2. The monoisotopic (exact) mass is 219 g/mol. The van der Waals surface area contributed by atoms with Gasteiger partial charge in [-0.05, 0) is 26.2 Å². The third-order valence-electron chi connectivity index (χ3n) is 2.52. The lowest BCUT2D eigenvalue weighted by Crippen LogP contribution is -2.42. The van der Waals surface area contributed by atoms with Crippen molar-refractivity contribution in [2.24, 2.45) is 0 Å². The predicted octanol–water partition coefficient (Wildman–Crippen LogP) is 0.912. The summed E-state index contributed by atoms with van der Waals surface area (Å²) in [6.07, 6.45) is 5.11. The van der Waals surface area contributed by atoms with Gasteiger partial charge in [0.25, 0.3) is 0 Å². The largest absolute Gasteiger partial charge is 0.380 e. The molecule has 0 aliphatic carbocycles. The van der Waals surface area contributed by atoms with E-state index in [9.17, 15) is 4.21 Å². The van der Waals surface area contributed by atoms with E-state index in [0.29, 0.717) is 12.1 Å². The Balaban J connectivity index is 2.11. The van der Waals surface area contributed by atoms with Gasteiger partial charge in [-0.1, -0.05) is 0 Å². The maximum absolute atomic E-state index is 10.9. The molecule has 0 aromatic carbocycles. The first kappa shape index (κ1) is 12.1. The highest BCUT2D eigenvalue weighted by Gasteiger charge is 2.15. The quantitative estimate of drug-likeness (QED) is 0.747. The maximum atomic E-state index is 10.9. The van der Waals surface area contributed by atoms with Crippen molar-refractivity contribution >= 4 is 10.8 Å². The molecule has 1 heterocycles. The summed E-state index contributed by atoms with van der Waals surface area (Å²) >= 11 is 0. The molecular formula is C10H21NO2S. The standard InChI is InChI=1S/C10H21NO2S/c1-9(5-7-14(2)12)11-10-4-3-6-13-8-10/h9-11H,3-8H2,1-2H3. The zero-order chi connectivity index (χ0) is 10.4. The van der Waals surface area contributed by atoms with Gasteiger partial charge >= 0.3 is 0 Å². The summed E-state index contributed by atoms with van der Waals surface area (Å²) in [5.41, 5.74) is 0. The highest BCUT2D eigenvalue weighted by molar-refractivity contribution is 7.84. The molecule has 0 radical (unpaired) electrons. The normalized spacial score (nSPS) is 27.1. The van der Waals surface area contributed by atoms with Crippen molar-refractivity contribution in [3.05, 3.63) is 0 Å². The Kier molecular flexibility index (Phi) is 5.67. The average Bonchev–Trinajstić information content (AvgIpc) is 2.16. The number of rotatable bonds is 5. The number of nitrogens with one attached hydrogen (secondary N) is 1. The molecule has 3 atom stereocenters. The van der Waals surface area contributed by atoms with Gasteiger partial charge in [0.1, 0.15) is 0 Å². The van der Waals surface area contributed by atoms with Crippen LogP contribution < -0.4 is 5.32 Å². The fourth-order valence-corrected chi connectivity index (χ4v) is 2.39. The third kappa shape index (κ3) is 5.08. The molecular weight excluding hydrogens is 198 g/mol. The molecule has 84 valence electrons. The summed E-state index contributed by atoms with van der Waals surface area (Å²) in [4.78, 5) is 0. The van der Waals surface area contributed by atoms with Gasteiger partial charge in [-0.2, -0.15) is 0 Å².